The zero-order chi connectivity index (χ0) is 17.7. The summed E-state index contributed by atoms with van der Waals surface area (Å²) in [5.74, 6) is -0.143. The first-order valence-electron chi connectivity index (χ1n) is 8.41. The van der Waals surface area contributed by atoms with Crippen LogP contribution in [-0.4, -0.2) is 55.3 Å². The van der Waals surface area contributed by atoms with E-state index in [1.54, 1.807) is 11.0 Å². The Morgan fingerprint density at radius 2 is 2.17 bits per heavy atom. The second-order valence-electron chi connectivity index (χ2n) is 6.42. The van der Waals surface area contributed by atoms with Crippen molar-refractivity contribution >= 4 is 23.4 Å². The van der Waals surface area contributed by atoms with E-state index in [1.807, 2.05) is 44.1 Å². The van der Waals surface area contributed by atoms with Crippen LogP contribution in [0.15, 0.2) is 24.3 Å². The number of piperidine rings is 1. The Morgan fingerprint density at radius 3 is 2.79 bits per heavy atom. The number of rotatable bonds is 6. The summed E-state index contributed by atoms with van der Waals surface area (Å²) in [5, 5.41) is 3.62. The van der Waals surface area contributed by atoms with Gasteiger partial charge in [0, 0.05) is 31.1 Å². The fraction of sp³-hybridized carbons (Fsp3) is 0.556. The lowest BCUT2D eigenvalue weighted by molar-refractivity contribution is -0.143. The van der Waals surface area contributed by atoms with Crippen molar-refractivity contribution in [2.24, 2.45) is 5.92 Å². The Kier molecular flexibility index (Phi) is 6.63. The fourth-order valence-electron chi connectivity index (χ4n) is 3.24. The van der Waals surface area contributed by atoms with Gasteiger partial charge >= 0.3 is 0 Å². The smallest absolute Gasteiger partial charge is 0.225 e. The Morgan fingerprint density at radius 1 is 1.42 bits per heavy atom. The van der Waals surface area contributed by atoms with Gasteiger partial charge in [-0.15, -0.1) is 0 Å². The molecule has 1 aromatic carbocycles. The maximum atomic E-state index is 12.7. The van der Waals surface area contributed by atoms with Gasteiger partial charge in [-0.1, -0.05) is 23.7 Å². The second kappa shape index (κ2) is 8.49. The lowest BCUT2D eigenvalue weighted by Gasteiger charge is -2.40. The molecule has 2 amide bonds. The number of benzene rings is 1. The highest BCUT2D eigenvalue weighted by Crippen LogP contribution is 2.37. The third-order valence-electron chi connectivity index (χ3n) is 4.43. The van der Waals surface area contributed by atoms with E-state index in [-0.39, 0.29) is 23.8 Å². The lowest BCUT2D eigenvalue weighted by Crippen LogP contribution is -2.48. The van der Waals surface area contributed by atoms with Crippen molar-refractivity contribution in [3.63, 3.8) is 0 Å². The molecule has 0 saturated carbocycles. The van der Waals surface area contributed by atoms with Crippen molar-refractivity contribution in [2.45, 2.75) is 25.8 Å². The van der Waals surface area contributed by atoms with E-state index in [4.69, 9.17) is 11.6 Å². The molecule has 1 N–H and O–H groups in total. The van der Waals surface area contributed by atoms with Crippen molar-refractivity contribution in [3.05, 3.63) is 34.9 Å². The summed E-state index contributed by atoms with van der Waals surface area (Å²) in [7, 11) is 3.94. The third kappa shape index (κ3) is 4.48. The molecule has 1 heterocycles. The van der Waals surface area contributed by atoms with E-state index in [0.717, 1.165) is 12.1 Å². The lowest BCUT2D eigenvalue weighted by atomic mass is 9.83. The average molecular weight is 352 g/mol. The minimum atomic E-state index is -0.255. The first kappa shape index (κ1) is 18.7. The molecular weight excluding hydrogens is 326 g/mol. The van der Waals surface area contributed by atoms with Gasteiger partial charge in [-0.25, -0.2) is 0 Å². The number of halogens is 1. The van der Waals surface area contributed by atoms with Crippen molar-refractivity contribution in [1.29, 1.82) is 0 Å². The van der Waals surface area contributed by atoms with Crippen LogP contribution in [0.3, 0.4) is 0 Å². The molecule has 1 fully saturated rings. The van der Waals surface area contributed by atoms with Gasteiger partial charge in [0.05, 0.1) is 12.0 Å². The third-order valence-corrected chi connectivity index (χ3v) is 4.67. The van der Waals surface area contributed by atoms with Gasteiger partial charge in [0.1, 0.15) is 0 Å². The molecule has 1 aliphatic rings. The molecule has 0 unspecified atom stereocenters. The van der Waals surface area contributed by atoms with Crippen LogP contribution in [0.2, 0.25) is 5.02 Å². The topological polar surface area (TPSA) is 52.7 Å². The Labute approximate surface area is 149 Å². The number of hydrogen-bond acceptors (Lipinski definition) is 3. The zero-order valence-electron chi connectivity index (χ0n) is 14.6. The average Bonchev–Trinajstić information content (AvgIpc) is 2.54. The van der Waals surface area contributed by atoms with Gasteiger partial charge in [-0.2, -0.15) is 0 Å². The second-order valence-corrected chi connectivity index (χ2v) is 6.86. The van der Waals surface area contributed by atoms with Gasteiger partial charge in [0.15, 0.2) is 0 Å². The number of nitrogens with zero attached hydrogens (tertiary/aromatic N) is 2. The molecule has 24 heavy (non-hydrogen) atoms. The minimum Gasteiger partial charge on any atom is -0.354 e. The van der Waals surface area contributed by atoms with Crippen LogP contribution in [0.5, 0.6) is 0 Å². The Balaban J connectivity index is 2.23. The van der Waals surface area contributed by atoms with Gasteiger partial charge in [-0.05, 0) is 45.1 Å². The molecule has 0 bridgehead atoms. The van der Waals surface area contributed by atoms with Crippen LogP contribution in [0, 0.1) is 5.92 Å². The summed E-state index contributed by atoms with van der Waals surface area (Å²) in [5.41, 5.74) is 0.921. The normalized spacial score (nSPS) is 21.2. The molecule has 0 radical (unpaired) electrons. The van der Waals surface area contributed by atoms with Crippen LogP contribution in [-0.2, 0) is 9.59 Å². The van der Waals surface area contributed by atoms with Crippen LogP contribution < -0.4 is 5.32 Å². The van der Waals surface area contributed by atoms with E-state index < -0.39 is 0 Å². The largest absolute Gasteiger partial charge is 0.354 e. The SMILES string of the molecule is CCN1C(=O)CC[C@@H](C(=O)NCCN(C)C)[C@@H]1c1cccc(Cl)c1. The Hall–Kier alpha value is -1.59. The molecule has 2 atom stereocenters. The maximum absolute atomic E-state index is 12.7. The molecular formula is C18H26ClN3O2. The molecule has 1 aliphatic heterocycles. The van der Waals surface area contributed by atoms with E-state index in [2.05, 4.69) is 5.32 Å². The summed E-state index contributed by atoms with van der Waals surface area (Å²) in [6, 6.07) is 7.21. The molecule has 0 aliphatic carbocycles. The fourth-order valence-corrected chi connectivity index (χ4v) is 3.44. The quantitative estimate of drug-likeness (QED) is 0.855. The van der Waals surface area contributed by atoms with Crippen molar-refractivity contribution in [2.75, 3.05) is 33.7 Å². The summed E-state index contributed by atoms with van der Waals surface area (Å²) < 4.78 is 0. The number of likely N-dealkylation sites (tertiary alicyclic amines) is 1. The highest BCUT2D eigenvalue weighted by Gasteiger charge is 2.39. The number of carbonyl (C=O) groups is 2. The Bertz CT molecular complexity index is 591. The highest BCUT2D eigenvalue weighted by molar-refractivity contribution is 6.30. The highest BCUT2D eigenvalue weighted by atomic mass is 35.5. The van der Waals surface area contributed by atoms with Gasteiger partial charge < -0.3 is 15.1 Å². The van der Waals surface area contributed by atoms with Crippen LogP contribution in [0.1, 0.15) is 31.4 Å². The van der Waals surface area contributed by atoms with Gasteiger partial charge in [-0.3, -0.25) is 9.59 Å². The molecule has 132 valence electrons. The predicted octanol–water partition coefficient (Wildman–Crippen LogP) is 2.32. The first-order chi connectivity index (χ1) is 11.4. The molecule has 6 heteroatoms. The molecule has 0 aromatic heterocycles. The number of carbonyl (C=O) groups excluding carboxylic acids is 2. The van der Waals surface area contributed by atoms with E-state index in [1.165, 1.54) is 0 Å². The first-order valence-corrected chi connectivity index (χ1v) is 8.79. The predicted molar refractivity (Wildman–Crippen MR) is 95.9 cm³/mol. The minimum absolute atomic E-state index is 0.00720. The molecule has 1 saturated heterocycles. The summed E-state index contributed by atoms with van der Waals surface area (Å²) in [4.78, 5) is 28.9. The van der Waals surface area contributed by atoms with Crippen LogP contribution in [0.4, 0.5) is 0 Å². The number of hydrogen-bond donors (Lipinski definition) is 1. The van der Waals surface area contributed by atoms with E-state index in [0.29, 0.717) is 31.0 Å². The monoisotopic (exact) mass is 351 g/mol. The van der Waals surface area contributed by atoms with E-state index >= 15 is 0 Å². The number of amides is 2. The zero-order valence-corrected chi connectivity index (χ0v) is 15.3. The number of likely N-dealkylation sites (N-methyl/N-ethyl adjacent to an activating group) is 1. The summed E-state index contributed by atoms with van der Waals surface area (Å²) in [6.07, 6.45) is 0.983. The maximum Gasteiger partial charge on any atom is 0.225 e. The van der Waals surface area contributed by atoms with E-state index in [9.17, 15) is 9.59 Å². The molecule has 5 nitrogen and oxygen atoms in total. The summed E-state index contributed by atoms with van der Waals surface area (Å²) in [6.45, 7) is 3.92. The molecule has 0 spiro atoms. The van der Waals surface area contributed by atoms with Crippen LogP contribution in [0.25, 0.3) is 0 Å². The van der Waals surface area contributed by atoms with Crippen LogP contribution >= 0.6 is 11.6 Å². The van der Waals surface area contributed by atoms with Crippen molar-refractivity contribution in [1.82, 2.24) is 15.1 Å². The van der Waals surface area contributed by atoms with Gasteiger partial charge in [0.25, 0.3) is 0 Å². The van der Waals surface area contributed by atoms with Crippen molar-refractivity contribution in [3.8, 4) is 0 Å². The number of nitrogens with one attached hydrogen (secondary N) is 1. The van der Waals surface area contributed by atoms with Gasteiger partial charge in [0.2, 0.25) is 11.8 Å². The molecule has 1 aromatic rings. The summed E-state index contributed by atoms with van der Waals surface area (Å²) >= 11 is 6.13. The van der Waals surface area contributed by atoms with Crippen molar-refractivity contribution < 1.29 is 9.59 Å². The standard InChI is InChI=1S/C18H26ClN3O2/c1-4-22-16(23)9-8-15(18(24)20-10-11-21(2)3)17(22)13-6-5-7-14(19)12-13/h5-7,12,15,17H,4,8-11H2,1-3H3,(H,20,24)/t15-,17+/m1/s1. The molecule has 2 rings (SSSR count).